The number of benzene rings is 1. The Morgan fingerprint density at radius 3 is 2.77 bits per heavy atom. The second kappa shape index (κ2) is 7.22. The number of sulfonamides is 1. The Morgan fingerprint density at radius 1 is 1.19 bits per heavy atom. The Morgan fingerprint density at radius 2 is 2.00 bits per heavy atom. The highest BCUT2D eigenvalue weighted by Gasteiger charge is 2.16. The van der Waals surface area contributed by atoms with E-state index in [-0.39, 0.29) is 10.8 Å². The SMILES string of the molecule is CNS(=O)(=O)c1ccc(C)c(C(=O)NCCc2nnc3ccccn23)c1. The van der Waals surface area contributed by atoms with Crippen LogP contribution < -0.4 is 10.0 Å². The van der Waals surface area contributed by atoms with Crippen molar-refractivity contribution < 1.29 is 13.2 Å². The van der Waals surface area contributed by atoms with Crippen LogP contribution in [0, 0.1) is 6.92 Å². The van der Waals surface area contributed by atoms with Crippen LogP contribution in [0.15, 0.2) is 47.5 Å². The molecule has 2 aromatic heterocycles. The second-order valence-electron chi connectivity index (χ2n) is 5.74. The molecule has 26 heavy (non-hydrogen) atoms. The number of aryl methyl sites for hydroxylation is 1. The van der Waals surface area contributed by atoms with Gasteiger partial charge in [-0.25, -0.2) is 13.1 Å². The monoisotopic (exact) mass is 373 g/mol. The molecule has 0 fully saturated rings. The summed E-state index contributed by atoms with van der Waals surface area (Å²) in [5, 5.41) is 11.0. The minimum absolute atomic E-state index is 0.0548. The summed E-state index contributed by atoms with van der Waals surface area (Å²) in [6.07, 6.45) is 2.37. The maximum Gasteiger partial charge on any atom is 0.251 e. The lowest BCUT2D eigenvalue weighted by Gasteiger charge is -2.10. The molecule has 0 aliphatic rings. The van der Waals surface area contributed by atoms with Crippen molar-refractivity contribution in [1.29, 1.82) is 0 Å². The molecule has 3 rings (SSSR count). The number of aromatic nitrogens is 3. The Hall–Kier alpha value is -2.78. The first-order valence-corrected chi connectivity index (χ1v) is 9.52. The summed E-state index contributed by atoms with van der Waals surface area (Å²) >= 11 is 0. The van der Waals surface area contributed by atoms with E-state index >= 15 is 0 Å². The predicted octanol–water partition coefficient (Wildman–Crippen LogP) is 0.918. The van der Waals surface area contributed by atoms with Crippen molar-refractivity contribution in [3.8, 4) is 0 Å². The van der Waals surface area contributed by atoms with Crippen LogP contribution in [0.1, 0.15) is 21.7 Å². The van der Waals surface area contributed by atoms with Crippen molar-refractivity contribution in [2.24, 2.45) is 0 Å². The van der Waals surface area contributed by atoms with E-state index in [2.05, 4.69) is 20.2 Å². The lowest BCUT2D eigenvalue weighted by Crippen LogP contribution is -2.27. The van der Waals surface area contributed by atoms with Crippen LogP contribution in [-0.4, -0.2) is 42.5 Å². The van der Waals surface area contributed by atoms with E-state index in [1.54, 1.807) is 13.0 Å². The minimum atomic E-state index is -3.60. The summed E-state index contributed by atoms with van der Waals surface area (Å²) in [5.74, 6) is 0.411. The van der Waals surface area contributed by atoms with Gasteiger partial charge in [-0.1, -0.05) is 12.1 Å². The third-order valence-corrected chi connectivity index (χ3v) is 5.46. The maximum atomic E-state index is 12.5. The van der Waals surface area contributed by atoms with Gasteiger partial charge in [0.1, 0.15) is 5.82 Å². The van der Waals surface area contributed by atoms with Gasteiger partial charge >= 0.3 is 0 Å². The third kappa shape index (κ3) is 3.58. The van der Waals surface area contributed by atoms with Crippen LogP contribution in [0.5, 0.6) is 0 Å². The fraction of sp³-hybridized carbons (Fsp3) is 0.235. The minimum Gasteiger partial charge on any atom is -0.352 e. The zero-order valence-corrected chi connectivity index (χ0v) is 15.2. The molecule has 0 atom stereocenters. The summed E-state index contributed by atoms with van der Waals surface area (Å²) < 4.78 is 27.9. The number of hydrogen-bond donors (Lipinski definition) is 2. The van der Waals surface area contributed by atoms with Gasteiger partial charge < -0.3 is 5.32 Å². The number of fused-ring (bicyclic) bond motifs is 1. The third-order valence-electron chi connectivity index (χ3n) is 4.05. The maximum absolute atomic E-state index is 12.5. The molecule has 2 N–H and O–H groups in total. The number of carbonyl (C=O) groups is 1. The molecule has 0 aliphatic heterocycles. The zero-order valence-electron chi connectivity index (χ0n) is 14.4. The Kier molecular flexibility index (Phi) is 5.01. The van der Waals surface area contributed by atoms with E-state index in [1.165, 1.54) is 19.2 Å². The average Bonchev–Trinajstić information content (AvgIpc) is 3.05. The first-order valence-electron chi connectivity index (χ1n) is 8.03. The largest absolute Gasteiger partial charge is 0.352 e. The first-order chi connectivity index (χ1) is 12.4. The Bertz CT molecular complexity index is 1060. The molecule has 136 valence electrons. The number of carbonyl (C=O) groups excluding carboxylic acids is 1. The Balaban J connectivity index is 1.71. The molecule has 0 saturated heterocycles. The number of hydrogen-bond acceptors (Lipinski definition) is 5. The van der Waals surface area contributed by atoms with Crippen LogP contribution in [0.4, 0.5) is 0 Å². The van der Waals surface area contributed by atoms with Crippen LogP contribution in [0.2, 0.25) is 0 Å². The summed E-state index contributed by atoms with van der Waals surface area (Å²) in [7, 11) is -2.27. The Labute approximate surface area is 151 Å². The lowest BCUT2D eigenvalue weighted by atomic mass is 10.1. The highest BCUT2D eigenvalue weighted by Crippen LogP contribution is 2.15. The van der Waals surface area contributed by atoms with Gasteiger partial charge in [-0.2, -0.15) is 0 Å². The molecule has 3 aromatic rings. The van der Waals surface area contributed by atoms with Crippen LogP contribution in [0.3, 0.4) is 0 Å². The standard InChI is InChI=1S/C17H19N5O3S/c1-12-6-7-13(26(24,25)18-2)11-14(12)17(23)19-9-8-16-21-20-15-5-3-4-10-22(15)16/h3-7,10-11,18H,8-9H2,1-2H3,(H,19,23). The van der Waals surface area contributed by atoms with Gasteiger partial charge in [-0.15, -0.1) is 10.2 Å². The number of pyridine rings is 1. The molecular formula is C17H19N5O3S. The first kappa shape index (κ1) is 18.0. The van der Waals surface area contributed by atoms with Gasteiger partial charge in [-0.05, 0) is 43.8 Å². The molecule has 1 amide bonds. The van der Waals surface area contributed by atoms with E-state index < -0.39 is 10.0 Å². The molecule has 0 unspecified atom stereocenters. The second-order valence-corrected chi connectivity index (χ2v) is 7.62. The lowest BCUT2D eigenvalue weighted by molar-refractivity contribution is 0.0953. The smallest absolute Gasteiger partial charge is 0.251 e. The van der Waals surface area contributed by atoms with Gasteiger partial charge in [0.2, 0.25) is 10.0 Å². The zero-order chi connectivity index (χ0) is 18.7. The summed E-state index contributed by atoms with van der Waals surface area (Å²) in [4.78, 5) is 12.5. The summed E-state index contributed by atoms with van der Waals surface area (Å²) in [5.41, 5.74) is 1.77. The summed E-state index contributed by atoms with van der Waals surface area (Å²) in [6.45, 7) is 2.12. The fourth-order valence-corrected chi connectivity index (χ4v) is 3.33. The van der Waals surface area contributed by atoms with E-state index in [0.717, 1.165) is 11.5 Å². The topological polar surface area (TPSA) is 105 Å². The van der Waals surface area contributed by atoms with Crippen molar-refractivity contribution in [3.63, 3.8) is 0 Å². The van der Waals surface area contributed by atoms with Gasteiger partial charge in [0.25, 0.3) is 5.91 Å². The molecule has 0 saturated carbocycles. The fourth-order valence-electron chi connectivity index (χ4n) is 2.58. The number of amides is 1. The number of rotatable bonds is 6. The van der Waals surface area contributed by atoms with Crippen LogP contribution >= 0.6 is 0 Å². The van der Waals surface area contributed by atoms with E-state index in [0.29, 0.717) is 24.1 Å². The molecule has 0 radical (unpaired) electrons. The predicted molar refractivity (Wildman–Crippen MR) is 96.4 cm³/mol. The molecule has 0 aliphatic carbocycles. The highest BCUT2D eigenvalue weighted by molar-refractivity contribution is 7.89. The highest BCUT2D eigenvalue weighted by atomic mass is 32.2. The molecule has 9 heteroatoms. The normalized spacial score (nSPS) is 11.6. The molecule has 0 spiro atoms. The van der Waals surface area contributed by atoms with E-state index in [9.17, 15) is 13.2 Å². The van der Waals surface area contributed by atoms with E-state index in [4.69, 9.17) is 0 Å². The molecular weight excluding hydrogens is 354 g/mol. The molecule has 0 bridgehead atoms. The van der Waals surface area contributed by atoms with E-state index in [1.807, 2.05) is 28.8 Å². The van der Waals surface area contributed by atoms with Gasteiger partial charge in [0.05, 0.1) is 4.90 Å². The van der Waals surface area contributed by atoms with Gasteiger partial charge in [-0.3, -0.25) is 9.20 Å². The van der Waals surface area contributed by atoms with Crippen LogP contribution in [0.25, 0.3) is 5.65 Å². The van der Waals surface area contributed by atoms with Crippen LogP contribution in [-0.2, 0) is 16.4 Å². The van der Waals surface area contributed by atoms with Crippen molar-refractivity contribution in [1.82, 2.24) is 24.6 Å². The number of nitrogens with zero attached hydrogens (tertiary/aromatic N) is 3. The van der Waals surface area contributed by atoms with Crippen molar-refractivity contribution in [2.45, 2.75) is 18.2 Å². The van der Waals surface area contributed by atoms with Crippen molar-refractivity contribution in [3.05, 3.63) is 59.5 Å². The van der Waals surface area contributed by atoms with Crippen molar-refractivity contribution in [2.75, 3.05) is 13.6 Å². The molecule has 8 nitrogen and oxygen atoms in total. The van der Waals surface area contributed by atoms with Gasteiger partial charge in [0, 0.05) is 24.7 Å². The number of nitrogens with one attached hydrogen (secondary N) is 2. The molecule has 1 aromatic carbocycles. The summed E-state index contributed by atoms with van der Waals surface area (Å²) in [6, 6.07) is 10.1. The van der Waals surface area contributed by atoms with Gasteiger partial charge in [0.15, 0.2) is 5.65 Å². The average molecular weight is 373 g/mol. The van der Waals surface area contributed by atoms with Crippen molar-refractivity contribution >= 4 is 21.6 Å². The molecule has 2 heterocycles. The quantitative estimate of drug-likeness (QED) is 0.668.